The zero-order valence-corrected chi connectivity index (χ0v) is 17.6. The number of fused-ring (bicyclic) bond motifs is 1. The molecule has 7 heteroatoms. The van der Waals surface area contributed by atoms with Crippen molar-refractivity contribution in [3.05, 3.63) is 82.0 Å². The highest BCUT2D eigenvalue weighted by Gasteiger charge is 2.20. The lowest BCUT2D eigenvalue weighted by Gasteiger charge is -2.16. The standard InChI is InChI=1S/C22H19N3O2S2/c1-14-7-6-8-16(13-14)23-19(26)15(2)29-22-24-20-18(11-12-28-20)21(27)25(22)17-9-4-3-5-10-17/h3-13,15H,1-2H3,(H,23,26)/t15-/m1/s1. The maximum atomic E-state index is 13.1. The molecule has 0 aliphatic heterocycles. The van der Waals surface area contributed by atoms with Gasteiger partial charge in [0, 0.05) is 5.69 Å². The predicted octanol–water partition coefficient (Wildman–Crippen LogP) is 4.87. The Hall–Kier alpha value is -2.90. The van der Waals surface area contributed by atoms with Gasteiger partial charge in [0.25, 0.3) is 5.56 Å². The summed E-state index contributed by atoms with van der Waals surface area (Å²) in [6.45, 7) is 3.79. The molecule has 0 bridgehead atoms. The van der Waals surface area contributed by atoms with Gasteiger partial charge in [-0.05, 0) is 55.1 Å². The van der Waals surface area contributed by atoms with Crippen molar-refractivity contribution in [2.24, 2.45) is 0 Å². The molecule has 4 aromatic rings. The van der Waals surface area contributed by atoms with Crippen molar-refractivity contribution < 1.29 is 4.79 Å². The van der Waals surface area contributed by atoms with E-state index in [1.165, 1.54) is 23.1 Å². The number of carbonyl (C=O) groups excluding carboxylic acids is 1. The Kier molecular flexibility index (Phi) is 5.51. The van der Waals surface area contributed by atoms with Gasteiger partial charge in [-0.25, -0.2) is 4.98 Å². The highest BCUT2D eigenvalue weighted by molar-refractivity contribution is 8.00. The first kappa shape index (κ1) is 19.4. The van der Waals surface area contributed by atoms with Crippen molar-refractivity contribution in [1.29, 1.82) is 0 Å². The van der Waals surface area contributed by atoms with Gasteiger partial charge < -0.3 is 5.32 Å². The molecule has 2 aromatic carbocycles. The number of para-hydroxylation sites is 1. The third-order valence-corrected chi connectivity index (χ3v) is 6.28. The molecular weight excluding hydrogens is 402 g/mol. The molecule has 0 spiro atoms. The second-order valence-corrected chi connectivity index (χ2v) is 8.83. The first-order valence-corrected chi connectivity index (χ1v) is 10.9. The topological polar surface area (TPSA) is 64.0 Å². The first-order chi connectivity index (χ1) is 14.0. The van der Waals surface area contributed by atoms with E-state index < -0.39 is 5.25 Å². The first-order valence-electron chi connectivity index (χ1n) is 9.13. The number of carbonyl (C=O) groups is 1. The van der Waals surface area contributed by atoms with E-state index in [4.69, 9.17) is 0 Å². The number of anilines is 1. The Morgan fingerprint density at radius 1 is 1.14 bits per heavy atom. The molecule has 4 rings (SSSR count). The predicted molar refractivity (Wildman–Crippen MR) is 120 cm³/mol. The maximum absolute atomic E-state index is 13.1. The average Bonchev–Trinajstić information content (AvgIpc) is 3.18. The van der Waals surface area contributed by atoms with E-state index in [9.17, 15) is 9.59 Å². The Bertz CT molecular complexity index is 1230. The number of nitrogens with one attached hydrogen (secondary N) is 1. The molecule has 0 saturated carbocycles. The molecule has 0 aliphatic rings. The van der Waals surface area contributed by atoms with E-state index in [2.05, 4.69) is 10.3 Å². The fourth-order valence-electron chi connectivity index (χ4n) is 2.96. The molecule has 1 N–H and O–H groups in total. The summed E-state index contributed by atoms with van der Waals surface area (Å²) in [5.41, 5.74) is 2.43. The van der Waals surface area contributed by atoms with Crippen molar-refractivity contribution in [2.75, 3.05) is 5.32 Å². The van der Waals surface area contributed by atoms with Gasteiger partial charge in [0.05, 0.1) is 16.3 Å². The number of aryl methyl sites for hydroxylation is 1. The minimum atomic E-state index is -0.435. The van der Waals surface area contributed by atoms with Crippen molar-refractivity contribution in [3.63, 3.8) is 0 Å². The Morgan fingerprint density at radius 3 is 2.69 bits per heavy atom. The van der Waals surface area contributed by atoms with E-state index in [-0.39, 0.29) is 11.5 Å². The van der Waals surface area contributed by atoms with Crippen LogP contribution in [0.3, 0.4) is 0 Å². The summed E-state index contributed by atoms with van der Waals surface area (Å²) >= 11 is 2.70. The summed E-state index contributed by atoms with van der Waals surface area (Å²) in [5, 5.41) is 5.45. The summed E-state index contributed by atoms with van der Waals surface area (Å²) in [6, 6.07) is 18.8. The quantitative estimate of drug-likeness (QED) is 0.369. The van der Waals surface area contributed by atoms with E-state index in [0.717, 1.165) is 16.9 Å². The molecule has 5 nitrogen and oxygen atoms in total. The smallest absolute Gasteiger partial charge is 0.267 e. The molecule has 1 amide bonds. The van der Waals surface area contributed by atoms with Crippen LogP contribution < -0.4 is 10.9 Å². The van der Waals surface area contributed by atoms with Crippen LogP contribution in [0.4, 0.5) is 5.69 Å². The Morgan fingerprint density at radius 2 is 1.93 bits per heavy atom. The monoisotopic (exact) mass is 421 g/mol. The van der Waals surface area contributed by atoms with Gasteiger partial charge in [0.2, 0.25) is 5.91 Å². The fourth-order valence-corrected chi connectivity index (χ4v) is 4.69. The number of thioether (sulfide) groups is 1. The van der Waals surface area contributed by atoms with Crippen LogP contribution >= 0.6 is 23.1 Å². The SMILES string of the molecule is Cc1cccc(NC(=O)[C@@H](C)Sc2nc3sccc3c(=O)n2-c2ccccc2)c1. The van der Waals surface area contributed by atoms with Gasteiger partial charge in [-0.15, -0.1) is 11.3 Å². The van der Waals surface area contributed by atoms with Crippen LogP contribution in [0.25, 0.3) is 15.9 Å². The van der Waals surface area contributed by atoms with Gasteiger partial charge in [-0.3, -0.25) is 14.2 Å². The van der Waals surface area contributed by atoms with E-state index in [1.54, 1.807) is 10.6 Å². The van der Waals surface area contributed by atoms with Crippen LogP contribution in [0.15, 0.2) is 76.0 Å². The molecule has 0 fully saturated rings. The number of amides is 1. The van der Waals surface area contributed by atoms with Gasteiger partial charge in [0.15, 0.2) is 5.16 Å². The fraction of sp³-hybridized carbons (Fsp3) is 0.136. The molecule has 29 heavy (non-hydrogen) atoms. The maximum Gasteiger partial charge on any atom is 0.267 e. The summed E-state index contributed by atoms with van der Waals surface area (Å²) < 4.78 is 1.58. The van der Waals surface area contributed by atoms with Crippen molar-refractivity contribution in [3.8, 4) is 5.69 Å². The van der Waals surface area contributed by atoms with Crippen molar-refractivity contribution in [2.45, 2.75) is 24.3 Å². The van der Waals surface area contributed by atoms with E-state index in [0.29, 0.717) is 15.4 Å². The molecule has 2 aromatic heterocycles. The molecular formula is C22H19N3O2S2. The minimum Gasteiger partial charge on any atom is -0.325 e. The normalized spacial score (nSPS) is 12.1. The molecule has 2 heterocycles. The van der Waals surface area contributed by atoms with E-state index >= 15 is 0 Å². The number of benzene rings is 2. The molecule has 1 atom stereocenters. The lowest BCUT2D eigenvalue weighted by atomic mass is 10.2. The number of hydrogen-bond donors (Lipinski definition) is 1. The van der Waals surface area contributed by atoms with Crippen LogP contribution in [0.5, 0.6) is 0 Å². The summed E-state index contributed by atoms with van der Waals surface area (Å²) in [6.07, 6.45) is 0. The molecule has 0 aliphatic carbocycles. The lowest BCUT2D eigenvalue weighted by Crippen LogP contribution is -2.26. The third-order valence-electron chi connectivity index (χ3n) is 4.42. The van der Waals surface area contributed by atoms with Crippen molar-refractivity contribution in [1.82, 2.24) is 9.55 Å². The van der Waals surface area contributed by atoms with Crippen LogP contribution in [0, 0.1) is 6.92 Å². The van der Waals surface area contributed by atoms with Crippen LogP contribution in [-0.2, 0) is 4.79 Å². The van der Waals surface area contributed by atoms with Crippen LogP contribution in [0.1, 0.15) is 12.5 Å². The zero-order valence-electron chi connectivity index (χ0n) is 16.0. The number of hydrogen-bond acceptors (Lipinski definition) is 5. The van der Waals surface area contributed by atoms with E-state index in [1.807, 2.05) is 73.8 Å². The van der Waals surface area contributed by atoms with Crippen LogP contribution in [0.2, 0.25) is 0 Å². The highest BCUT2D eigenvalue weighted by atomic mass is 32.2. The molecule has 146 valence electrons. The van der Waals surface area contributed by atoms with Gasteiger partial charge in [-0.1, -0.05) is 42.1 Å². The van der Waals surface area contributed by atoms with Gasteiger partial charge >= 0.3 is 0 Å². The largest absolute Gasteiger partial charge is 0.325 e. The molecule has 0 saturated heterocycles. The summed E-state index contributed by atoms with van der Waals surface area (Å²) in [4.78, 5) is 31.2. The summed E-state index contributed by atoms with van der Waals surface area (Å²) in [5.74, 6) is -0.138. The van der Waals surface area contributed by atoms with Gasteiger partial charge in [0.1, 0.15) is 4.83 Å². The number of thiophene rings is 1. The number of nitrogens with zero attached hydrogens (tertiary/aromatic N) is 2. The number of aromatic nitrogens is 2. The highest BCUT2D eigenvalue weighted by Crippen LogP contribution is 2.27. The summed E-state index contributed by atoms with van der Waals surface area (Å²) in [7, 11) is 0. The van der Waals surface area contributed by atoms with Crippen molar-refractivity contribution >= 4 is 44.9 Å². The lowest BCUT2D eigenvalue weighted by molar-refractivity contribution is -0.115. The third kappa shape index (κ3) is 4.11. The molecule has 0 radical (unpaired) electrons. The second-order valence-electron chi connectivity index (χ2n) is 6.63. The Labute approximate surface area is 176 Å². The Balaban J connectivity index is 1.68. The van der Waals surface area contributed by atoms with Crippen LogP contribution in [-0.4, -0.2) is 20.7 Å². The zero-order chi connectivity index (χ0) is 20.4. The number of rotatable bonds is 5. The molecule has 0 unspecified atom stereocenters. The van der Waals surface area contributed by atoms with Gasteiger partial charge in [-0.2, -0.15) is 0 Å². The minimum absolute atomic E-state index is 0.128. The second kappa shape index (κ2) is 8.23. The average molecular weight is 422 g/mol.